The van der Waals surface area contributed by atoms with Gasteiger partial charge in [-0.15, -0.1) is 0 Å². The molecule has 0 radical (unpaired) electrons. The van der Waals surface area contributed by atoms with E-state index in [2.05, 4.69) is 20.4 Å². The molecule has 0 saturated carbocycles. The van der Waals surface area contributed by atoms with Crippen LogP contribution >= 0.6 is 0 Å². The number of aryl methyl sites for hydroxylation is 2. The van der Waals surface area contributed by atoms with Crippen LogP contribution in [0.1, 0.15) is 51.4 Å². The van der Waals surface area contributed by atoms with Crippen molar-refractivity contribution in [3.8, 4) is 0 Å². The summed E-state index contributed by atoms with van der Waals surface area (Å²) in [7, 11) is 5.30. The van der Waals surface area contributed by atoms with E-state index in [1.165, 1.54) is 0 Å². The van der Waals surface area contributed by atoms with E-state index in [0.29, 0.717) is 55.6 Å². The molecule has 3 rings (SSSR count). The summed E-state index contributed by atoms with van der Waals surface area (Å²) >= 11 is 0. The Balaban J connectivity index is 1.82. The lowest BCUT2D eigenvalue weighted by atomic mass is 9.99. The summed E-state index contributed by atoms with van der Waals surface area (Å²) in [6, 6.07) is 0. The Hall–Kier alpha value is -3.01. The molecule has 1 fully saturated rings. The second-order valence-corrected chi connectivity index (χ2v) is 7.83. The van der Waals surface area contributed by atoms with Gasteiger partial charge in [-0.3, -0.25) is 14.3 Å². The van der Waals surface area contributed by atoms with E-state index >= 15 is 0 Å². The highest BCUT2D eigenvalue weighted by Gasteiger charge is 2.33. The quantitative estimate of drug-likeness (QED) is 0.626. The van der Waals surface area contributed by atoms with E-state index in [0.717, 1.165) is 12.1 Å². The second-order valence-electron chi connectivity index (χ2n) is 7.83. The van der Waals surface area contributed by atoms with Gasteiger partial charge in [-0.1, -0.05) is 0 Å². The van der Waals surface area contributed by atoms with Crippen LogP contribution in [0.2, 0.25) is 0 Å². The number of carbonyl (C=O) groups is 2. The van der Waals surface area contributed by atoms with Crippen molar-refractivity contribution >= 4 is 17.8 Å². The van der Waals surface area contributed by atoms with E-state index in [-0.39, 0.29) is 17.7 Å². The number of hydrogen-bond acceptors (Lipinski definition) is 7. The SMILES string of the molecule is CCn1cc(C(=O)N2CCC(c3nc(N(C)C)ncc3C(=O)NCCOC)C2)c(C)n1. The summed E-state index contributed by atoms with van der Waals surface area (Å²) in [5, 5.41) is 7.22. The molecule has 2 aromatic heterocycles. The zero-order valence-electron chi connectivity index (χ0n) is 18.9. The van der Waals surface area contributed by atoms with Crippen molar-refractivity contribution in [2.24, 2.45) is 0 Å². The van der Waals surface area contributed by atoms with Crippen LogP contribution in [0, 0.1) is 6.92 Å². The second kappa shape index (κ2) is 9.86. The standard InChI is InChI=1S/C21H31N7O3/c1-6-28-13-17(14(2)25-28)20(30)27-9-7-15(12-27)18-16(19(29)22-8-10-31-5)11-23-21(24-18)26(3)4/h11,13,15H,6-10,12H2,1-5H3,(H,22,29). The predicted octanol–water partition coefficient (Wildman–Crippen LogP) is 1.07. The highest BCUT2D eigenvalue weighted by Crippen LogP contribution is 2.30. The van der Waals surface area contributed by atoms with Crippen molar-refractivity contribution < 1.29 is 14.3 Å². The maximum Gasteiger partial charge on any atom is 0.257 e. The number of rotatable bonds is 8. The summed E-state index contributed by atoms with van der Waals surface area (Å²) in [5.74, 6) is 0.221. The van der Waals surface area contributed by atoms with E-state index in [1.54, 1.807) is 29.1 Å². The van der Waals surface area contributed by atoms with Crippen LogP contribution in [-0.4, -0.2) is 83.9 Å². The van der Waals surface area contributed by atoms with Gasteiger partial charge >= 0.3 is 0 Å². The number of ether oxygens (including phenoxy) is 1. The van der Waals surface area contributed by atoms with Gasteiger partial charge in [0.25, 0.3) is 11.8 Å². The molecule has 31 heavy (non-hydrogen) atoms. The Bertz CT molecular complexity index is 941. The molecule has 2 aromatic rings. The first-order chi connectivity index (χ1) is 14.8. The predicted molar refractivity (Wildman–Crippen MR) is 116 cm³/mol. The number of nitrogens with one attached hydrogen (secondary N) is 1. The molecule has 1 saturated heterocycles. The van der Waals surface area contributed by atoms with E-state index in [9.17, 15) is 9.59 Å². The smallest absolute Gasteiger partial charge is 0.257 e. The molecule has 0 aliphatic carbocycles. The number of anilines is 1. The van der Waals surface area contributed by atoms with Crippen molar-refractivity contribution in [2.75, 3.05) is 52.3 Å². The third-order valence-corrected chi connectivity index (χ3v) is 5.40. The number of methoxy groups -OCH3 is 1. The van der Waals surface area contributed by atoms with Gasteiger partial charge in [0.15, 0.2) is 0 Å². The van der Waals surface area contributed by atoms with Gasteiger partial charge in [-0.25, -0.2) is 9.97 Å². The summed E-state index contributed by atoms with van der Waals surface area (Å²) in [6.45, 7) is 6.48. The molecular formula is C21H31N7O3. The largest absolute Gasteiger partial charge is 0.383 e. The number of carbonyl (C=O) groups excluding carboxylic acids is 2. The molecule has 10 heteroatoms. The van der Waals surface area contributed by atoms with Crippen LogP contribution in [0.3, 0.4) is 0 Å². The molecule has 1 aliphatic rings. The monoisotopic (exact) mass is 429 g/mol. The fourth-order valence-corrected chi connectivity index (χ4v) is 3.68. The maximum absolute atomic E-state index is 13.1. The molecule has 1 atom stereocenters. The molecule has 168 valence electrons. The summed E-state index contributed by atoms with van der Waals surface area (Å²) < 4.78 is 6.78. The first-order valence-corrected chi connectivity index (χ1v) is 10.5. The Morgan fingerprint density at radius 1 is 1.32 bits per heavy atom. The molecule has 1 unspecified atom stereocenters. The number of hydrogen-bond donors (Lipinski definition) is 1. The molecule has 1 N–H and O–H groups in total. The van der Waals surface area contributed by atoms with Crippen LogP contribution in [0.25, 0.3) is 0 Å². The number of aromatic nitrogens is 4. The summed E-state index contributed by atoms with van der Waals surface area (Å²) in [4.78, 5) is 38.4. The van der Waals surface area contributed by atoms with Crippen molar-refractivity contribution in [1.29, 1.82) is 0 Å². The molecule has 0 spiro atoms. The van der Waals surface area contributed by atoms with Crippen molar-refractivity contribution in [3.05, 3.63) is 34.9 Å². The molecule has 10 nitrogen and oxygen atoms in total. The van der Waals surface area contributed by atoms with Gasteiger partial charge in [-0.2, -0.15) is 5.10 Å². The zero-order chi connectivity index (χ0) is 22.5. The van der Waals surface area contributed by atoms with Gasteiger partial charge < -0.3 is 19.9 Å². The van der Waals surface area contributed by atoms with Crippen LogP contribution in [0.5, 0.6) is 0 Å². The lowest BCUT2D eigenvalue weighted by molar-refractivity contribution is 0.0790. The van der Waals surface area contributed by atoms with Gasteiger partial charge in [0, 0.05) is 65.7 Å². The van der Waals surface area contributed by atoms with Gasteiger partial charge in [0.1, 0.15) is 0 Å². The first kappa shape index (κ1) is 22.7. The zero-order valence-corrected chi connectivity index (χ0v) is 18.9. The minimum Gasteiger partial charge on any atom is -0.383 e. The number of nitrogens with zero attached hydrogens (tertiary/aromatic N) is 6. The fourth-order valence-electron chi connectivity index (χ4n) is 3.68. The van der Waals surface area contributed by atoms with Gasteiger partial charge in [0.2, 0.25) is 5.95 Å². The average Bonchev–Trinajstić information content (AvgIpc) is 3.39. The Morgan fingerprint density at radius 3 is 2.74 bits per heavy atom. The van der Waals surface area contributed by atoms with E-state index in [4.69, 9.17) is 4.74 Å². The minimum atomic E-state index is -0.234. The van der Waals surface area contributed by atoms with Crippen molar-refractivity contribution in [3.63, 3.8) is 0 Å². The molecular weight excluding hydrogens is 398 g/mol. The molecule has 0 aromatic carbocycles. The Morgan fingerprint density at radius 2 is 2.10 bits per heavy atom. The average molecular weight is 430 g/mol. The third kappa shape index (κ3) is 5.01. The molecule has 0 bridgehead atoms. The van der Waals surface area contributed by atoms with Crippen molar-refractivity contribution in [1.82, 2.24) is 30.0 Å². The van der Waals surface area contributed by atoms with Crippen LogP contribution in [0.4, 0.5) is 5.95 Å². The molecule has 3 heterocycles. The third-order valence-electron chi connectivity index (χ3n) is 5.40. The lowest BCUT2D eigenvalue weighted by Gasteiger charge is -2.19. The van der Waals surface area contributed by atoms with E-state index in [1.807, 2.05) is 32.8 Å². The summed E-state index contributed by atoms with van der Waals surface area (Å²) in [6.07, 6.45) is 4.10. The van der Waals surface area contributed by atoms with Crippen molar-refractivity contribution in [2.45, 2.75) is 32.7 Å². The van der Waals surface area contributed by atoms with Gasteiger partial charge in [-0.05, 0) is 20.3 Å². The normalized spacial score (nSPS) is 15.9. The number of likely N-dealkylation sites (tertiary alicyclic amines) is 1. The molecule has 1 aliphatic heterocycles. The van der Waals surface area contributed by atoms with Crippen LogP contribution in [-0.2, 0) is 11.3 Å². The Labute approximate surface area is 182 Å². The highest BCUT2D eigenvalue weighted by atomic mass is 16.5. The lowest BCUT2D eigenvalue weighted by Crippen LogP contribution is -2.31. The van der Waals surface area contributed by atoms with Crippen LogP contribution in [0.15, 0.2) is 12.4 Å². The Kier molecular flexibility index (Phi) is 7.21. The minimum absolute atomic E-state index is 0.0346. The number of amides is 2. The van der Waals surface area contributed by atoms with E-state index < -0.39 is 0 Å². The highest BCUT2D eigenvalue weighted by molar-refractivity contribution is 5.96. The summed E-state index contributed by atoms with van der Waals surface area (Å²) in [5.41, 5.74) is 2.46. The fraction of sp³-hybridized carbons (Fsp3) is 0.571. The maximum atomic E-state index is 13.1. The van der Waals surface area contributed by atoms with Crippen LogP contribution < -0.4 is 10.2 Å². The molecule has 2 amide bonds. The first-order valence-electron chi connectivity index (χ1n) is 10.5. The van der Waals surface area contributed by atoms with Gasteiger partial charge in [0.05, 0.1) is 29.1 Å². The topological polar surface area (TPSA) is 105 Å².